The van der Waals surface area contributed by atoms with Crippen molar-refractivity contribution >= 4 is 28.2 Å². The lowest BCUT2D eigenvalue weighted by Crippen LogP contribution is -3.12. The zero-order valence-corrected chi connectivity index (χ0v) is 17.3. The number of aromatic nitrogens is 4. The van der Waals surface area contributed by atoms with Crippen LogP contribution >= 0.6 is 22.6 Å². The number of nitrogens with zero attached hydrogens (tertiary/aromatic N) is 4. The average Bonchev–Trinajstić information content (AvgIpc) is 3.16. The van der Waals surface area contributed by atoms with E-state index in [0.29, 0.717) is 33.5 Å². The number of rotatable bonds is 5. The number of benzene rings is 1. The highest BCUT2D eigenvalue weighted by Crippen LogP contribution is 3.08. The summed E-state index contributed by atoms with van der Waals surface area (Å²) in [6.45, 7) is 0.345. The molecule has 29 heavy (non-hydrogen) atoms. The molecule has 8 heteroatoms. The van der Waals surface area contributed by atoms with Gasteiger partial charge in [0.1, 0.15) is 5.82 Å². The first kappa shape index (κ1) is 15.9. The molecule has 0 unspecified atom stereocenters. The lowest BCUT2D eigenvalue weighted by molar-refractivity contribution is -0.557. The number of hydrogen-bond donors (Lipinski definition) is 0. The molecule has 2 aromatic heterocycles. The lowest BCUT2D eigenvalue weighted by atomic mass is 8.96. The van der Waals surface area contributed by atoms with E-state index in [1.54, 1.807) is 18.5 Å². The fourth-order valence-electron chi connectivity index (χ4n) is 8.02. The van der Waals surface area contributed by atoms with Crippen LogP contribution in [0.3, 0.4) is 0 Å². The molecule has 1 aromatic carbocycles. The molecule has 0 spiro atoms. The summed E-state index contributed by atoms with van der Waals surface area (Å²) in [5.41, 5.74) is 1.64. The summed E-state index contributed by atoms with van der Waals surface area (Å²) in [4.78, 5) is 4.25. The molecule has 9 rings (SSSR count). The second kappa shape index (κ2) is 4.58. The monoisotopic (exact) mass is 504 g/mol. The van der Waals surface area contributed by atoms with Gasteiger partial charge in [0.25, 0.3) is 0 Å². The third-order valence-electron chi connectivity index (χ3n) is 8.80. The molecular weight excluding hydrogens is 489 g/mol. The van der Waals surface area contributed by atoms with Crippen molar-refractivity contribution in [3.05, 3.63) is 53.6 Å². The largest absolute Gasteiger partial charge is 0.477 e. The Labute approximate surface area is 178 Å². The SMILES string of the molecule is Fc1ccc(CCOc2cncc3nnc(C45C6C7C4C4C5C6C74I)n23)cc1F. The number of ether oxygens (including phenoxy) is 1. The minimum atomic E-state index is -0.834. The summed E-state index contributed by atoms with van der Waals surface area (Å²) in [5.74, 6) is 5.07. The topological polar surface area (TPSA) is 52.3 Å². The smallest absolute Gasteiger partial charge is 0.219 e. The van der Waals surface area contributed by atoms with Gasteiger partial charge in [0.2, 0.25) is 5.88 Å². The first-order valence-electron chi connectivity index (χ1n) is 10.0. The second-order valence-electron chi connectivity index (χ2n) is 9.22. The molecule has 5 nitrogen and oxygen atoms in total. The number of alkyl halides is 1. The van der Waals surface area contributed by atoms with Crippen LogP contribution < -0.4 is 4.74 Å². The van der Waals surface area contributed by atoms with Gasteiger partial charge < -0.3 is 4.74 Å². The van der Waals surface area contributed by atoms with E-state index in [4.69, 9.17) is 4.74 Å². The summed E-state index contributed by atoms with van der Waals surface area (Å²) in [6, 6.07) is 3.95. The number of hydrogen-bond acceptors (Lipinski definition) is 4. The van der Waals surface area contributed by atoms with Crippen LogP contribution in [0.25, 0.3) is 5.65 Å². The van der Waals surface area contributed by atoms with Crippen molar-refractivity contribution < 1.29 is 13.5 Å². The van der Waals surface area contributed by atoms with E-state index < -0.39 is 11.6 Å². The molecule has 6 saturated carbocycles. The summed E-state index contributed by atoms with van der Waals surface area (Å²) >= 11 is 2.73. The molecule has 6 aliphatic rings. The maximum Gasteiger partial charge on any atom is 0.219 e. The zero-order chi connectivity index (χ0) is 19.3. The van der Waals surface area contributed by atoms with Crippen LogP contribution in [0.4, 0.5) is 8.78 Å². The van der Waals surface area contributed by atoms with E-state index in [2.05, 4.69) is 37.8 Å². The van der Waals surface area contributed by atoms with Crippen LogP contribution in [0.15, 0.2) is 30.6 Å². The fraction of sp³-hybridized carbons (Fsp3) is 0.476. The molecule has 0 amide bonds. The normalized spacial score (nSPS) is 43.6. The molecule has 0 saturated heterocycles. The van der Waals surface area contributed by atoms with E-state index >= 15 is 0 Å². The Bertz CT molecular complexity index is 1210. The molecule has 6 fully saturated rings. The minimum absolute atomic E-state index is 0.228. The van der Waals surface area contributed by atoms with Gasteiger partial charge in [-0.3, -0.25) is 4.98 Å². The molecular formula is C21H15F2IN4O. The predicted molar refractivity (Wildman–Crippen MR) is 106 cm³/mol. The minimum Gasteiger partial charge on any atom is -0.477 e. The summed E-state index contributed by atoms with van der Waals surface area (Å²) < 4.78 is 35.2. The standard InChI is InChI=1S/C21H15F2IN4O/c22-9-2-1-8(5-10(9)23)3-4-29-12-7-25-6-11-26-27-19(28(11)12)20-13-16-14(20)18-15(20)17(13)21(16,18)24/h1-2,5-7,13-18H,3-4H2. The number of fused-ring (bicyclic) bond motifs is 1. The molecule has 6 aliphatic carbocycles. The van der Waals surface area contributed by atoms with Crippen molar-refractivity contribution in [2.24, 2.45) is 35.5 Å². The third-order valence-corrected chi connectivity index (χ3v) is 11.0. The lowest BCUT2D eigenvalue weighted by Gasteiger charge is -3.09. The van der Waals surface area contributed by atoms with Gasteiger partial charge in [0.15, 0.2) is 17.3 Å². The van der Waals surface area contributed by atoms with Crippen LogP contribution in [0.5, 0.6) is 5.88 Å². The Kier molecular flexibility index (Phi) is 2.51. The third kappa shape index (κ3) is 1.35. The van der Waals surface area contributed by atoms with Gasteiger partial charge in [-0.05, 0) is 53.2 Å². The Balaban J connectivity index is 1.11. The van der Waals surface area contributed by atoms with Gasteiger partial charge in [-0.15, -0.1) is 10.2 Å². The van der Waals surface area contributed by atoms with E-state index in [9.17, 15) is 8.78 Å². The van der Waals surface area contributed by atoms with Gasteiger partial charge in [0, 0.05) is 15.3 Å². The maximum absolute atomic E-state index is 13.4. The van der Waals surface area contributed by atoms with Gasteiger partial charge >= 0.3 is 0 Å². The van der Waals surface area contributed by atoms with Crippen molar-refractivity contribution in [2.45, 2.75) is 15.3 Å². The summed E-state index contributed by atoms with van der Waals surface area (Å²) in [5, 5.41) is 8.99. The molecule has 146 valence electrons. The van der Waals surface area contributed by atoms with Crippen LogP contribution in [0.1, 0.15) is 11.4 Å². The molecule has 0 N–H and O–H groups in total. The quantitative estimate of drug-likeness (QED) is 0.396. The number of halogens is 3. The Hall–Kier alpha value is -1.84. The Morgan fingerprint density at radius 1 is 1.00 bits per heavy atom. The van der Waals surface area contributed by atoms with E-state index in [0.717, 1.165) is 47.4 Å². The summed E-state index contributed by atoms with van der Waals surface area (Å²) in [6.07, 6.45) is 3.90. The zero-order valence-electron chi connectivity index (χ0n) is 15.1. The molecule has 0 bridgehead atoms. The predicted octanol–water partition coefficient (Wildman–Crippen LogP) is 3.20. The van der Waals surface area contributed by atoms with Crippen LogP contribution in [0.2, 0.25) is 0 Å². The first-order chi connectivity index (χ1) is 14.1. The van der Waals surface area contributed by atoms with Crippen molar-refractivity contribution in [3.63, 3.8) is 0 Å². The molecule has 0 atom stereocenters. The van der Waals surface area contributed by atoms with E-state index in [1.165, 1.54) is 6.07 Å². The van der Waals surface area contributed by atoms with E-state index in [-0.39, 0.29) is 5.41 Å². The molecule has 0 aliphatic heterocycles. The Morgan fingerprint density at radius 2 is 1.76 bits per heavy atom. The van der Waals surface area contributed by atoms with Crippen molar-refractivity contribution in [2.75, 3.05) is 6.61 Å². The Morgan fingerprint density at radius 3 is 2.48 bits per heavy atom. The van der Waals surface area contributed by atoms with Crippen molar-refractivity contribution in [1.29, 1.82) is 0 Å². The van der Waals surface area contributed by atoms with Gasteiger partial charge in [-0.1, -0.05) is 28.7 Å². The van der Waals surface area contributed by atoms with Crippen LogP contribution in [0, 0.1) is 47.1 Å². The van der Waals surface area contributed by atoms with Crippen LogP contribution in [-0.4, -0.2) is 29.6 Å². The summed E-state index contributed by atoms with van der Waals surface area (Å²) in [7, 11) is 0. The maximum atomic E-state index is 13.4. The van der Waals surface area contributed by atoms with Gasteiger partial charge in [-0.2, -0.15) is 0 Å². The van der Waals surface area contributed by atoms with Crippen LogP contribution in [-0.2, 0) is 11.8 Å². The first-order valence-corrected chi connectivity index (χ1v) is 11.1. The average molecular weight is 504 g/mol. The van der Waals surface area contributed by atoms with Crippen molar-refractivity contribution in [1.82, 2.24) is 19.6 Å². The molecule has 3 aromatic rings. The highest BCUT2D eigenvalue weighted by Gasteiger charge is 3.10. The molecule has 2 heterocycles. The van der Waals surface area contributed by atoms with Crippen molar-refractivity contribution in [3.8, 4) is 5.88 Å². The second-order valence-corrected chi connectivity index (χ2v) is 11.1. The highest BCUT2D eigenvalue weighted by molar-refractivity contribution is 14.1. The fourth-order valence-corrected chi connectivity index (χ4v) is 10.3. The van der Waals surface area contributed by atoms with Gasteiger partial charge in [0.05, 0.1) is 19.0 Å². The van der Waals surface area contributed by atoms with E-state index in [1.807, 2.05) is 4.40 Å². The highest BCUT2D eigenvalue weighted by atomic mass is 127. The molecule has 0 radical (unpaired) electrons. The van der Waals surface area contributed by atoms with Gasteiger partial charge in [-0.25, -0.2) is 13.2 Å².